The van der Waals surface area contributed by atoms with E-state index in [0.717, 1.165) is 38.5 Å². The maximum absolute atomic E-state index is 11.2. The second-order valence-corrected chi connectivity index (χ2v) is 5.33. The highest BCUT2D eigenvalue weighted by molar-refractivity contribution is 5.66. The second-order valence-electron chi connectivity index (χ2n) is 5.33. The predicted octanol–water partition coefficient (Wildman–Crippen LogP) is 2.58. The van der Waals surface area contributed by atoms with Gasteiger partial charge < -0.3 is 14.9 Å². The Balaban J connectivity index is 4.53. The molecule has 0 saturated carbocycles. The Labute approximate surface area is 139 Å². The van der Waals surface area contributed by atoms with Crippen molar-refractivity contribution in [3.8, 4) is 23.7 Å². The fraction of sp³-hybridized carbons (Fsp3) is 0.632. The number of aliphatic hydroxyl groups excluding tert-OH is 2. The third-order valence-electron chi connectivity index (χ3n) is 3.16. The molecule has 0 aliphatic carbocycles. The van der Waals surface area contributed by atoms with Gasteiger partial charge in [-0.05, 0) is 43.9 Å². The van der Waals surface area contributed by atoms with E-state index in [-0.39, 0.29) is 0 Å². The normalized spacial score (nSPS) is 13.6. The first-order chi connectivity index (χ1) is 11.0. The molecular weight excluding hydrogens is 292 g/mol. The number of hydrogen-bond donors (Lipinski definition) is 2. The van der Waals surface area contributed by atoms with E-state index < -0.39 is 24.3 Å². The van der Waals surface area contributed by atoms with Gasteiger partial charge >= 0.3 is 5.97 Å². The van der Waals surface area contributed by atoms with Crippen molar-refractivity contribution in [3.63, 3.8) is 0 Å². The van der Waals surface area contributed by atoms with Crippen LogP contribution < -0.4 is 0 Å². The van der Waals surface area contributed by atoms with E-state index >= 15 is 0 Å². The predicted molar refractivity (Wildman–Crippen MR) is 91.3 cm³/mol. The van der Waals surface area contributed by atoms with Gasteiger partial charge in [-0.1, -0.05) is 31.3 Å². The minimum atomic E-state index is -1.29. The van der Waals surface area contributed by atoms with Gasteiger partial charge in [0, 0.05) is 13.3 Å². The van der Waals surface area contributed by atoms with Gasteiger partial charge in [-0.3, -0.25) is 4.79 Å². The Morgan fingerprint density at radius 2 is 2.00 bits per heavy atom. The topological polar surface area (TPSA) is 66.8 Å². The van der Waals surface area contributed by atoms with Crippen molar-refractivity contribution in [2.24, 2.45) is 0 Å². The number of carbonyl (C=O) groups is 1. The van der Waals surface area contributed by atoms with Crippen molar-refractivity contribution in [2.75, 3.05) is 0 Å². The van der Waals surface area contributed by atoms with Gasteiger partial charge in [-0.25, -0.2) is 0 Å². The van der Waals surface area contributed by atoms with Gasteiger partial charge in [-0.2, -0.15) is 0 Å². The zero-order valence-corrected chi connectivity index (χ0v) is 14.2. The third-order valence-corrected chi connectivity index (χ3v) is 3.16. The zero-order valence-electron chi connectivity index (χ0n) is 14.2. The molecule has 0 fully saturated rings. The number of esters is 1. The molecule has 0 aromatic carbocycles. The largest absolute Gasteiger partial charge is 0.460 e. The van der Waals surface area contributed by atoms with Gasteiger partial charge in [0.05, 0.1) is 0 Å². The molecular formula is C19H28O4. The Hall–Kier alpha value is -1.75. The monoisotopic (exact) mass is 320 g/mol. The highest BCUT2D eigenvalue weighted by Crippen LogP contribution is 2.14. The molecule has 3 atom stereocenters. The summed E-state index contributed by atoms with van der Waals surface area (Å²) in [5.41, 5.74) is 0. The number of aliphatic hydroxyl groups is 2. The summed E-state index contributed by atoms with van der Waals surface area (Å²) in [6, 6.07) is 0. The molecule has 128 valence electrons. The summed E-state index contributed by atoms with van der Waals surface area (Å²) in [7, 11) is 0. The summed E-state index contributed by atoms with van der Waals surface area (Å²) < 4.78 is 5.11. The van der Waals surface area contributed by atoms with E-state index in [0.29, 0.717) is 6.42 Å². The van der Waals surface area contributed by atoms with Crippen LogP contribution in [0.4, 0.5) is 0 Å². The maximum Gasteiger partial charge on any atom is 0.302 e. The first-order valence-electron chi connectivity index (χ1n) is 8.15. The lowest BCUT2D eigenvalue weighted by Gasteiger charge is -2.24. The van der Waals surface area contributed by atoms with E-state index in [9.17, 15) is 15.0 Å². The maximum atomic E-state index is 11.2. The standard InChI is InChI=1S/C19H28O4/c1-4-6-8-10-12-14-17(21)19(22)18(23-16(3)20)15-13-11-9-7-5-2/h5,17-19,21-22H,2,4,6-7,9,11,13,15H2,1,3H3/t17-,18-,19-/m0/s1. The van der Waals surface area contributed by atoms with Crippen LogP contribution in [0.5, 0.6) is 0 Å². The van der Waals surface area contributed by atoms with Crippen LogP contribution in [0.1, 0.15) is 58.8 Å². The summed E-state index contributed by atoms with van der Waals surface area (Å²) in [5, 5.41) is 20.0. The first-order valence-corrected chi connectivity index (χ1v) is 8.15. The Kier molecular flexibility index (Phi) is 12.8. The molecule has 0 aliphatic heterocycles. The Morgan fingerprint density at radius 1 is 1.26 bits per heavy atom. The van der Waals surface area contributed by atoms with E-state index in [2.05, 4.69) is 30.3 Å². The van der Waals surface area contributed by atoms with E-state index in [1.165, 1.54) is 6.92 Å². The Bertz CT molecular complexity index is 461. The molecule has 0 rings (SSSR count). The fourth-order valence-electron chi connectivity index (χ4n) is 1.95. The zero-order chi connectivity index (χ0) is 17.5. The second kappa shape index (κ2) is 13.9. The number of allylic oxidation sites excluding steroid dienone is 1. The summed E-state index contributed by atoms with van der Waals surface area (Å²) in [6.07, 6.45) is 4.42. The van der Waals surface area contributed by atoms with Gasteiger partial charge in [0.1, 0.15) is 18.3 Å². The minimum Gasteiger partial charge on any atom is -0.460 e. The van der Waals surface area contributed by atoms with Crippen molar-refractivity contribution < 1.29 is 19.7 Å². The third kappa shape index (κ3) is 11.5. The lowest BCUT2D eigenvalue weighted by molar-refractivity contribution is -0.156. The molecule has 0 amide bonds. The van der Waals surface area contributed by atoms with Crippen LogP contribution >= 0.6 is 0 Å². The highest BCUT2D eigenvalue weighted by Gasteiger charge is 2.27. The molecule has 4 nitrogen and oxygen atoms in total. The molecule has 0 unspecified atom stereocenters. The van der Waals surface area contributed by atoms with Crippen LogP contribution in [0.2, 0.25) is 0 Å². The van der Waals surface area contributed by atoms with Crippen LogP contribution in [-0.4, -0.2) is 34.5 Å². The first kappa shape index (κ1) is 21.2. The Morgan fingerprint density at radius 3 is 2.61 bits per heavy atom. The van der Waals surface area contributed by atoms with Gasteiger partial charge in [0.15, 0.2) is 0 Å². The van der Waals surface area contributed by atoms with Crippen LogP contribution in [0.15, 0.2) is 12.7 Å². The molecule has 0 aliphatic rings. The average Bonchev–Trinajstić information content (AvgIpc) is 2.52. The highest BCUT2D eigenvalue weighted by atomic mass is 16.6. The number of unbranched alkanes of at least 4 members (excludes halogenated alkanes) is 4. The molecule has 0 spiro atoms. The summed E-state index contributed by atoms with van der Waals surface area (Å²) in [6.45, 7) is 6.96. The van der Waals surface area contributed by atoms with Crippen molar-refractivity contribution in [1.82, 2.24) is 0 Å². The van der Waals surface area contributed by atoms with Crippen molar-refractivity contribution in [3.05, 3.63) is 12.7 Å². The molecule has 0 radical (unpaired) electrons. The van der Waals surface area contributed by atoms with Gasteiger partial charge in [0.25, 0.3) is 0 Å². The molecule has 0 aromatic rings. The van der Waals surface area contributed by atoms with Crippen molar-refractivity contribution >= 4 is 5.97 Å². The summed E-state index contributed by atoms with van der Waals surface area (Å²) >= 11 is 0. The molecule has 23 heavy (non-hydrogen) atoms. The number of hydrogen-bond acceptors (Lipinski definition) is 4. The number of ether oxygens (including phenoxy) is 1. The minimum absolute atomic E-state index is 0.483. The molecule has 0 aromatic heterocycles. The lowest BCUT2D eigenvalue weighted by Crippen LogP contribution is -2.39. The van der Waals surface area contributed by atoms with Crippen molar-refractivity contribution in [1.29, 1.82) is 0 Å². The van der Waals surface area contributed by atoms with E-state index in [1.807, 2.05) is 13.0 Å². The quantitative estimate of drug-likeness (QED) is 0.281. The summed E-state index contributed by atoms with van der Waals surface area (Å²) in [4.78, 5) is 11.2. The lowest BCUT2D eigenvalue weighted by atomic mass is 10.0. The molecule has 2 N–H and O–H groups in total. The molecule has 0 saturated heterocycles. The van der Waals surface area contributed by atoms with Crippen LogP contribution in [0.25, 0.3) is 0 Å². The molecule has 0 bridgehead atoms. The summed E-state index contributed by atoms with van der Waals surface area (Å²) in [5.74, 6) is 9.97. The fourth-order valence-corrected chi connectivity index (χ4v) is 1.95. The SMILES string of the molecule is C=CCCCCC[C@H](OC(C)=O)[C@@H](O)[C@@H](O)C#CC#CCCC. The number of carbonyl (C=O) groups excluding carboxylic acids is 1. The van der Waals surface area contributed by atoms with Crippen LogP contribution in [-0.2, 0) is 9.53 Å². The van der Waals surface area contributed by atoms with Crippen LogP contribution in [0.3, 0.4) is 0 Å². The van der Waals surface area contributed by atoms with E-state index in [1.54, 1.807) is 0 Å². The van der Waals surface area contributed by atoms with Gasteiger partial charge in [-0.15, -0.1) is 6.58 Å². The average molecular weight is 320 g/mol. The van der Waals surface area contributed by atoms with Crippen LogP contribution in [0, 0.1) is 23.7 Å². The molecule has 4 heteroatoms. The van der Waals surface area contributed by atoms with Gasteiger partial charge in [0.2, 0.25) is 0 Å². The smallest absolute Gasteiger partial charge is 0.302 e. The van der Waals surface area contributed by atoms with E-state index in [4.69, 9.17) is 4.74 Å². The number of rotatable bonds is 10. The van der Waals surface area contributed by atoms with Crippen molar-refractivity contribution in [2.45, 2.75) is 77.1 Å². The molecule has 0 heterocycles.